The van der Waals surface area contributed by atoms with E-state index >= 15 is 0 Å². The summed E-state index contributed by atoms with van der Waals surface area (Å²) in [6.07, 6.45) is 2.21. The van der Waals surface area contributed by atoms with Gasteiger partial charge >= 0.3 is 0 Å². The second kappa shape index (κ2) is 7.31. The van der Waals surface area contributed by atoms with Gasteiger partial charge in [-0.1, -0.05) is 0 Å². The molecular formula is C22H21N3O3. The highest BCUT2D eigenvalue weighted by Crippen LogP contribution is 2.41. The van der Waals surface area contributed by atoms with Crippen LogP contribution in [0.25, 0.3) is 5.69 Å². The van der Waals surface area contributed by atoms with E-state index in [2.05, 4.69) is 10.4 Å². The first-order chi connectivity index (χ1) is 13.5. The SMILES string of the molecule is COc1ccc(-n2nc(C(=O)Nc3ccc(C(C)=O)cc3)cc2C2CC2)cc1. The van der Waals surface area contributed by atoms with Crippen molar-refractivity contribution in [2.24, 2.45) is 0 Å². The minimum Gasteiger partial charge on any atom is -0.497 e. The number of rotatable bonds is 6. The van der Waals surface area contributed by atoms with Gasteiger partial charge in [-0.3, -0.25) is 9.59 Å². The zero-order chi connectivity index (χ0) is 19.7. The van der Waals surface area contributed by atoms with Crippen LogP contribution in [0, 0.1) is 0 Å². The van der Waals surface area contributed by atoms with Crippen LogP contribution >= 0.6 is 0 Å². The molecule has 142 valence electrons. The lowest BCUT2D eigenvalue weighted by atomic mass is 10.1. The molecule has 28 heavy (non-hydrogen) atoms. The van der Waals surface area contributed by atoms with Crippen LogP contribution in [0.15, 0.2) is 54.6 Å². The monoisotopic (exact) mass is 375 g/mol. The molecule has 1 aliphatic rings. The minimum atomic E-state index is -0.273. The number of methoxy groups -OCH3 is 1. The van der Waals surface area contributed by atoms with Gasteiger partial charge in [-0.2, -0.15) is 5.10 Å². The van der Waals surface area contributed by atoms with Crippen LogP contribution < -0.4 is 10.1 Å². The normalized spacial score (nSPS) is 13.2. The molecule has 1 heterocycles. The number of nitrogens with zero attached hydrogens (tertiary/aromatic N) is 2. The largest absolute Gasteiger partial charge is 0.497 e. The fourth-order valence-corrected chi connectivity index (χ4v) is 3.09. The molecule has 0 spiro atoms. The molecule has 0 atom stereocenters. The number of benzene rings is 2. The van der Waals surface area contributed by atoms with Crippen molar-refractivity contribution >= 4 is 17.4 Å². The first-order valence-electron chi connectivity index (χ1n) is 9.22. The van der Waals surface area contributed by atoms with Gasteiger partial charge in [-0.15, -0.1) is 0 Å². The van der Waals surface area contributed by atoms with E-state index < -0.39 is 0 Å². The van der Waals surface area contributed by atoms with Gasteiger partial charge in [-0.05, 0) is 74.4 Å². The molecule has 6 heteroatoms. The average Bonchev–Trinajstić information content (AvgIpc) is 3.46. The quantitative estimate of drug-likeness (QED) is 0.655. The van der Waals surface area contributed by atoms with Crippen LogP contribution in [-0.2, 0) is 0 Å². The Morgan fingerprint density at radius 2 is 1.75 bits per heavy atom. The van der Waals surface area contributed by atoms with E-state index in [4.69, 9.17) is 4.74 Å². The Balaban J connectivity index is 1.59. The standard InChI is InChI=1S/C22H21N3O3/c1-14(26)15-5-7-17(8-6-15)23-22(27)20-13-21(16-3-4-16)25(24-20)18-9-11-19(28-2)12-10-18/h5-13,16H,3-4H2,1-2H3,(H,23,27). The summed E-state index contributed by atoms with van der Waals surface area (Å²) in [4.78, 5) is 24.1. The Labute approximate surface area is 163 Å². The number of hydrogen-bond donors (Lipinski definition) is 1. The fourth-order valence-electron chi connectivity index (χ4n) is 3.09. The van der Waals surface area contributed by atoms with Crippen LogP contribution in [0.5, 0.6) is 5.75 Å². The van der Waals surface area contributed by atoms with E-state index in [0.29, 0.717) is 22.9 Å². The molecule has 6 nitrogen and oxygen atoms in total. The average molecular weight is 375 g/mol. The third-order valence-electron chi connectivity index (χ3n) is 4.83. The van der Waals surface area contributed by atoms with Gasteiger partial charge in [0.25, 0.3) is 5.91 Å². The summed E-state index contributed by atoms with van der Waals surface area (Å²) < 4.78 is 7.05. The summed E-state index contributed by atoms with van der Waals surface area (Å²) in [5, 5.41) is 7.40. The molecule has 0 radical (unpaired) electrons. The molecule has 2 aromatic carbocycles. The van der Waals surface area contributed by atoms with Crippen molar-refractivity contribution in [3.8, 4) is 11.4 Å². The zero-order valence-electron chi connectivity index (χ0n) is 15.8. The van der Waals surface area contributed by atoms with Crippen molar-refractivity contribution in [1.82, 2.24) is 9.78 Å². The lowest BCUT2D eigenvalue weighted by molar-refractivity contribution is 0.101. The summed E-state index contributed by atoms with van der Waals surface area (Å²) in [7, 11) is 1.63. The molecule has 0 saturated heterocycles. The molecule has 0 aliphatic heterocycles. The Kier molecular flexibility index (Phi) is 4.69. The molecule has 1 aliphatic carbocycles. The Bertz CT molecular complexity index is 1020. The molecule has 3 aromatic rings. The molecular weight excluding hydrogens is 354 g/mol. The van der Waals surface area contributed by atoms with E-state index in [0.717, 1.165) is 30.0 Å². The maximum atomic E-state index is 12.7. The highest BCUT2D eigenvalue weighted by molar-refractivity contribution is 6.03. The van der Waals surface area contributed by atoms with Crippen molar-refractivity contribution in [2.45, 2.75) is 25.7 Å². The molecule has 0 unspecified atom stereocenters. The van der Waals surface area contributed by atoms with E-state index in [9.17, 15) is 9.59 Å². The van der Waals surface area contributed by atoms with Crippen LogP contribution in [0.1, 0.15) is 52.2 Å². The van der Waals surface area contributed by atoms with Gasteiger partial charge < -0.3 is 10.1 Å². The van der Waals surface area contributed by atoms with Gasteiger partial charge in [-0.25, -0.2) is 4.68 Å². The third-order valence-corrected chi connectivity index (χ3v) is 4.83. The highest BCUT2D eigenvalue weighted by Gasteiger charge is 2.29. The summed E-state index contributed by atoms with van der Waals surface area (Å²) in [6, 6.07) is 16.3. The van der Waals surface area contributed by atoms with Crippen LogP contribution in [0.3, 0.4) is 0 Å². The Hall–Kier alpha value is -3.41. The Morgan fingerprint density at radius 1 is 1.07 bits per heavy atom. The van der Waals surface area contributed by atoms with Gasteiger partial charge in [0.15, 0.2) is 11.5 Å². The summed E-state index contributed by atoms with van der Waals surface area (Å²) in [5.41, 5.74) is 3.54. The predicted molar refractivity (Wildman–Crippen MR) is 106 cm³/mol. The van der Waals surface area contributed by atoms with Crippen molar-refractivity contribution in [3.05, 3.63) is 71.5 Å². The number of amides is 1. The topological polar surface area (TPSA) is 73.2 Å². The number of aromatic nitrogens is 2. The van der Waals surface area contributed by atoms with Gasteiger partial charge in [0.1, 0.15) is 5.75 Å². The number of ketones is 1. The number of Topliss-reactive ketones (excluding diaryl/α,β-unsaturated/α-hetero) is 1. The highest BCUT2D eigenvalue weighted by atomic mass is 16.5. The van der Waals surface area contributed by atoms with Crippen molar-refractivity contribution in [1.29, 1.82) is 0 Å². The maximum Gasteiger partial charge on any atom is 0.276 e. The Morgan fingerprint density at radius 3 is 2.32 bits per heavy atom. The number of hydrogen-bond acceptors (Lipinski definition) is 4. The van der Waals surface area contributed by atoms with Crippen LogP contribution in [0.4, 0.5) is 5.69 Å². The molecule has 1 N–H and O–H groups in total. The van der Waals surface area contributed by atoms with Gasteiger partial charge in [0, 0.05) is 22.9 Å². The number of anilines is 1. The van der Waals surface area contributed by atoms with E-state index in [1.165, 1.54) is 6.92 Å². The van der Waals surface area contributed by atoms with Crippen molar-refractivity contribution in [2.75, 3.05) is 12.4 Å². The summed E-state index contributed by atoms with van der Waals surface area (Å²) >= 11 is 0. The van der Waals surface area contributed by atoms with Crippen molar-refractivity contribution in [3.63, 3.8) is 0 Å². The van der Waals surface area contributed by atoms with Gasteiger partial charge in [0.05, 0.1) is 12.8 Å². The molecule has 4 rings (SSSR count). The maximum absolute atomic E-state index is 12.7. The van der Waals surface area contributed by atoms with E-state index in [-0.39, 0.29) is 11.7 Å². The molecule has 0 bridgehead atoms. The first-order valence-corrected chi connectivity index (χ1v) is 9.22. The number of carbonyl (C=O) groups excluding carboxylic acids is 2. The number of ether oxygens (including phenoxy) is 1. The third kappa shape index (κ3) is 3.67. The molecule has 1 saturated carbocycles. The zero-order valence-corrected chi connectivity index (χ0v) is 15.8. The van der Waals surface area contributed by atoms with Crippen LogP contribution in [-0.4, -0.2) is 28.6 Å². The predicted octanol–water partition coefficient (Wildman–Crippen LogP) is 4.21. The first kappa shape index (κ1) is 18.0. The smallest absolute Gasteiger partial charge is 0.276 e. The second-order valence-electron chi connectivity index (χ2n) is 6.93. The minimum absolute atomic E-state index is 0.00909. The fraction of sp³-hybridized carbons (Fsp3) is 0.227. The molecule has 1 aromatic heterocycles. The van der Waals surface area contributed by atoms with Crippen LogP contribution in [0.2, 0.25) is 0 Å². The molecule has 1 fully saturated rings. The van der Waals surface area contributed by atoms with Crippen molar-refractivity contribution < 1.29 is 14.3 Å². The summed E-state index contributed by atoms with van der Waals surface area (Å²) in [6.45, 7) is 1.51. The lowest BCUT2D eigenvalue weighted by Gasteiger charge is -2.07. The van der Waals surface area contributed by atoms with Gasteiger partial charge in [0.2, 0.25) is 0 Å². The molecule has 1 amide bonds. The van der Waals surface area contributed by atoms with E-state index in [1.807, 2.05) is 35.0 Å². The number of nitrogens with one attached hydrogen (secondary N) is 1. The second-order valence-corrected chi connectivity index (χ2v) is 6.93. The summed E-state index contributed by atoms with van der Waals surface area (Å²) in [5.74, 6) is 0.928. The number of carbonyl (C=O) groups is 2. The van der Waals surface area contributed by atoms with E-state index in [1.54, 1.807) is 31.4 Å². The lowest BCUT2D eigenvalue weighted by Crippen LogP contribution is -2.13.